The summed E-state index contributed by atoms with van der Waals surface area (Å²) >= 11 is 0. The Labute approximate surface area is 193 Å². The van der Waals surface area contributed by atoms with Gasteiger partial charge in [0.1, 0.15) is 6.61 Å². The lowest BCUT2D eigenvalue weighted by atomic mass is 9.70. The molecule has 0 bridgehead atoms. The summed E-state index contributed by atoms with van der Waals surface area (Å²) in [6.45, 7) is 5.53. The van der Waals surface area contributed by atoms with Gasteiger partial charge in [0.05, 0.1) is 12.7 Å². The van der Waals surface area contributed by atoms with Gasteiger partial charge in [-0.05, 0) is 62.7 Å². The van der Waals surface area contributed by atoms with Crippen LogP contribution in [0.3, 0.4) is 0 Å². The lowest BCUT2D eigenvalue weighted by molar-refractivity contribution is -0.146. The Morgan fingerprint density at radius 3 is 1.94 bits per heavy atom. The zero-order chi connectivity index (χ0) is 22.2. The first-order valence-electron chi connectivity index (χ1n) is 14.0. The van der Waals surface area contributed by atoms with Gasteiger partial charge in [0.15, 0.2) is 0 Å². The zero-order valence-electron chi connectivity index (χ0n) is 20.9. The summed E-state index contributed by atoms with van der Waals surface area (Å²) in [5.74, 6) is 2.89. The largest absolute Gasteiger partial charge is 0.463 e. The molecule has 2 saturated carbocycles. The van der Waals surface area contributed by atoms with Crippen molar-refractivity contribution in [1.82, 2.24) is 0 Å². The molecule has 2 fully saturated rings. The van der Waals surface area contributed by atoms with Crippen LogP contribution in [-0.4, -0.2) is 25.3 Å². The molecule has 0 saturated heterocycles. The molecule has 0 spiro atoms. The maximum Gasteiger partial charge on any atom is 0.305 e. The second-order valence-corrected chi connectivity index (χ2v) is 10.4. The Balaban J connectivity index is 1.44. The van der Waals surface area contributed by atoms with Crippen molar-refractivity contribution < 1.29 is 14.3 Å². The Kier molecular flexibility index (Phi) is 14.6. The average Bonchev–Trinajstić information content (AvgIpc) is 2.80. The molecule has 0 heterocycles. The molecule has 31 heavy (non-hydrogen) atoms. The highest BCUT2D eigenvalue weighted by Crippen LogP contribution is 2.41. The van der Waals surface area contributed by atoms with E-state index in [1.807, 2.05) is 0 Å². The van der Waals surface area contributed by atoms with Gasteiger partial charge in [0.25, 0.3) is 0 Å². The molecule has 0 radical (unpaired) electrons. The van der Waals surface area contributed by atoms with Crippen LogP contribution in [0.5, 0.6) is 0 Å². The summed E-state index contributed by atoms with van der Waals surface area (Å²) in [4.78, 5) is 11.8. The molecular weight excluding hydrogens is 384 g/mol. The molecule has 0 aromatic heterocycles. The second kappa shape index (κ2) is 17.0. The van der Waals surface area contributed by atoms with Crippen molar-refractivity contribution in [3.05, 3.63) is 0 Å². The van der Waals surface area contributed by atoms with E-state index >= 15 is 0 Å². The summed E-state index contributed by atoms with van der Waals surface area (Å²) < 4.78 is 11.4. The van der Waals surface area contributed by atoms with Gasteiger partial charge in [-0.25, -0.2) is 0 Å². The van der Waals surface area contributed by atoms with Crippen molar-refractivity contribution in [2.45, 2.75) is 142 Å². The zero-order valence-corrected chi connectivity index (χ0v) is 20.9. The number of carbonyl (C=O) groups is 1. The smallest absolute Gasteiger partial charge is 0.305 e. The van der Waals surface area contributed by atoms with Crippen molar-refractivity contribution >= 4 is 5.97 Å². The molecule has 2 rings (SSSR count). The minimum Gasteiger partial charge on any atom is -0.463 e. The molecule has 0 atom stereocenters. The molecular formula is C28H52O3. The third kappa shape index (κ3) is 11.7. The maximum absolute atomic E-state index is 11.8. The maximum atomic E-state index is 11.8. The van der Waals surface area contributed by atoms with Crippen LogP contribution in [0.25, 0.3) is 0 Å². The predicted octanol–water partition coefficient (Wildman–Crippen LogP) is 8.24. The van der Waals surface area contributed by atoms with Gasteiger partial charge in [0.2, 0.25) is 0 Å². The standard InChI is InChI=1S/C28H52O3/c1-3-5-7-8-9-11-13-28(29)31-23-22-30-27-20-18-26(19-21-27)25-16-14-24(15-17-25)12-10-6-4-2/h24-27H,3-23H2,1-2H3. The Bertz CT molecular complexity index is 434. The van der Waals surface area contributed by atoms with Crippen LogP contribution in [0.15, 0.2) is 0 Å². The van der Waals surface area contributed by atoms with E-state index in [1.54, 1.807) is 0 Å². The van der Waals surface area contributed by atoms with E-state index in [0.717, 1.165) is 30.6 Å². The fraction of sp³-hybridized carbons (Fsp3) is 0.964. The molecule has 0 aromatic rings. The van der Waals surface area contributed by atoms with Crippen molar-refractivity contribution in [1.29, 1.82) is 0 Å². The number of hydrogen-bond acceptors (Lipinski definition) is 3. The topological polar surface area (TPSA) is 35.5 Å². The van der Waals surface area contributed by atoms with Crippen LogP contribution in [0.4, 0.5) is 0 Å². The predicted molar refractivity (Wildman–Crippen MR) is 130 cm³/mol. The first-order valence-corrected chi connectivity index (χ1v) is 14.0. The number of esters is 1. The van der Waals surface area contributed by atoms with Crippen LogP contribution in [0.1, 0.15) is 136 Å². The number of carbonyl (C=O) groups excluding carboxylic acids is 1. The fourth-order valence-electron chi connectivity index (χ4n) is 5.85. The summed E-state index contributed by atoms with van der Waals surface area (Å²) in [6, 6.07) is 0. The van der Waals surface area contributed by atoms with Gasteiger partial charge in [-0.15, -0.1) is 0 Å². The Hall–Kier alpha value is -0.570. The third-order valence-corrected chi connectivity index (χ3v) is 7.93. The van der Waals surface area contributed by atoms with Crippen LogP contribution in [0.2, 0.25) is 0 Å². The quantitative estimate of drug-likeness (QED) is 0.180. The van der Waals surface area contributed by atoms with E-state index in [9.17, 15) is 4.79 Å². The van der Waals surface area contributed by atoms with Crippen LogP contribution < -0.4 is 0 Å². The van der Waals surface area contributed by atoms with E-state index in [4.69, 9.17) is 9.47 Å². The highest BCUT2D eigenvalue weighted by Gasteiger charge is 2.30. The summed E-state index contributed by atoms with van der Waals surface area (Å²) in [5.41, 5.74) is 0. The summed E-state index contributed by atoms with van der Waals surface area (Å²) in [7, 11) is 0. The number of hydrogen-bond donors (Lipinski definition) is 0. The van der Waals surface area contributed by atoms with Gasteiger partial charge < -0.3 is 9.47 Å². The van der Waals surface area contributed by atoms with Gasteiger partial charge in [-0.1, -0.05) is 84.5 Å². The highest BCUT2D eigenvalue weighted by atomic mass is 16.6. The fourth-order valence-corrected chi connectivity index (χ4v) is 5.85. The van der Waals surface area contributed by atoms with E-state index < -0.39 is 0 Å². The average molecular weight is 437 g/mol. The van der Waals surface area contributed by atoms with E-state index in [0.29, 0.717) is 25.7 Å². The molecule has 2 aliphatic carbocycles. The number of ether oxygens (including phenoxy) is 2. The lowest BCUT2D eigenvalue weighted by Crippen LogP contribution is -2.29. The summed E-state index contributed by atoms with van der Waals surface area (Å²) in [5, 5.41) is 0. The second-order valence-electron chi connectivity index (χ2n) is 10.4. The van der Waals surface area contributed by atoms with Crippen LogP contribution >= 0.6 is 0 Å². The normalized spacial score (nSPS) is 26.6. The van der Waals surface area contributed by atoms with Crippen molar-refractivity contribution in [3.63, 3.8) is 0 Å². The molecule has 0 aliphatic heterocycles. The monoisotopic (exact) mass is 436 g/mol. The minimum absolute atomic E-state index is 0.0481. The first-order chi connectivity index (χ1) is 15.2. The van der Waals surface area contributed by atoms with Gasteiger partial charge in [-0.2, -0.15) is 0 Å². The number of rotatable bonds is 16. The highest BCUT2D eigenvalue weighted by molar-refractivity contribution is 5.69. The molecule has 182 valence electrons. The van der Waals surface area contributed by atoms with Gasteiger partial charge in [-0.3, -0.25) is 4.79 Å². The third-order valence-electron chi connectivity index (χ3n) is 7.93. The molecule has 0 aromatic carbocycles. The Morgan fingerprint density at radius 1 is 0.677 bits per heavy atom. The first kappa shape index (κ1) is 26.7. The van der Waals surface area contributed by atoms with Crippen molar-refractivity contribution in [2.24, 2.45) is 17.8 Å². The van der Waals surface area contributed by atoms with Gasteiger partial charge in [0, 0.05) is 6.42 Å². The van der Waals surface area contributed by atoms with Crippen molar-refractivity contribution in [2.75, 3.05) is 13.2 Å². The molecule has 3 nitrogen and oxygen atoms in total. The Morgan fingerprint density at radius 2 is 1.26 bits per heavy atom. The van der Waals surface area contributed by atoms with Crippen molar-refractivity contribution in [3.8, 4) is 0 Å². The van der Waals surface area contributed by atoms with Crippen LogP contribution in [0, 0.1) is 17.8 Å². The molecule has 0 N–H and O–H groups in total. The molecule has 0 unspecified atom stereocenters. The molecule has 0 amide bonds. The van der Waals surface area contributed by atoms with E-state index in [2.05, 4.69) is 13.8 Å². The van der Waals surface area contributed by atoms with Gasteiger partial charge >= 0.3 is 5.97 Å². The van der Waals surface area contributed by atoms with E-state index in [1.165, 1.54) is 103 Å². The van der Waals surface area contributed by atoms with Crippen LogP contribution in [-0.2, 0) is 14.3 Å². The lowest BCUT2D eigenvalue weighted by Gasteiger charge is -2.37. The minimum atomic E-state index is -0.0481. The molecule has 3 heteroatoms. The summed E-state index contributed by atoms with van der Waals surface area (Å²) in [6.07, 6.45) is 24.9. The van der Waals surface area contributed by atoms with E-state index in [-0.39, 0.29) is 5.97 Å². The number of unbranched alkanes of at least 4 members (excludes halogenated alkanes) is 7. The molecule has 2 aliphatic rings. The SMILES string of the molecule is CCCCCCCCC(=O)OCCOC1CCC(C2CCC(CCCCC)CC2)CC1.